The van der Waals surface area contributed by atoms with Crippen molar-refractivity contribution in [2.45, 2.75) is 9.10 Å². The average molecular weight is 461 g/mol. The van der Waals surface area contributed by atoms with Crippen molar-refractivity contribution >= 4 is 48.9 Å². The lowest BCUT2D eigenvalue weighted by molar-refractivity contribution is 0.482. The summed E-state index contributed by atoms with van der Waals surface area (Å²) in [5, 5.41) is 0.871. The van der Waals surface area contributed by atoms with Gasteiger partial charge in [-0.2, -0.15) is 4.39 Å². The van der Waals surface area contributed by atoms with Crippen LogP contribution in [0.4, 0.5) is 14.5 Å². The van der Waals surface area contributed by atoms with E-state index < -0.39 is 21.8 Å². The van der Waals surface area contributed by atoms with Crippen LogP contribution in [-0.4, -0.2) is 25.7 Å². The van der Waals surface area contributed by atoms with E-state index in [1.165, 1.54) is 39.7 Å². The molecule has 2 aromatic carbocycles. The second-order valence-electron chi connectivity index (χ2n) is 6.67. The van der Waals surface area contributed by atoms with Gasteiger partial charge in [-0.15, -0.1) is 23.1 Å². The molecule has 0 saturated heterocycles. The highest BCUT2D eigenvalue weighted by Crippen LogP contribution is 2.42. The highest BCUT2D eigenvalue weighted by Gasteiger charge is 2.31. The lowest BCUT2D eigenvalue weighted by atomic mass is 10.1. The van der Waals surface area contributed by atoms with Crippen LogP contribution in [0.3, 0.4) is 0 Å². The molecule has 30 heavy (non-hydrogen) atoms. The standard InChI is InChI=1S/C21H14F2N2O2S3/c22-20-15(7-8-24-21(20)23)13-5-6-18-16(11-13)25(9-10-28-18)30(26,27)19-12-14-3-1-2-4-17(14)29-19/h1-8,11-12H,9-10H2. The monoisotopic (exact) mass is 460 g/mol. The highest BCUT2D eigenvalue weighted by molar-refractivity contribution is 8.00. The highest BCUT2D eigenvalue weighted by atomic mass is 32.2. The quantitative estimate of drug-likeness (QED) is 0.377. The van der Waals surface area contributed by atoms with Crippen LogP contribution in [0.5, 0.6) is 0 Å². The van der Waals surface area contributed by atoms with E-state index in [1.807, 2.05) is 24.3 Å². The summed E-state index contributed by atoms with van der Waals surface area (Å²) in [5.41, 5.74) is 0.907. The van der Waals surface area contributed by atoms with Gasteiger partial charge >= 0.3 is 0 Å². The number of halogens is 2. The van der Waals surface area contributed by atoms with Crippen molar-refractivity contribution in [3.63, 3.8) is 0 Å². The third-order valence-electron chi connectivity index (χ3n) is 4.88. The Bertz CT molecular complexity index is 1350. The van der Waals surface area contributed by atoms with E-state index in [-0.39, 0.29) is 9.77 Å². The zero-order chi connectivity index (χ0) is 20.9. The fraction of sp³-hybridized carbons (Fsp3) is 0.0952. The second-order valence-corrected chi connectivity index (χ2v) is 11.0. The number of rotatable bonds is 3. The molecule has 0 saturated carbocycles. The van der Waals surface area contributed by atoms with E-state index in [2.05, 4.69) is 4.98 Å². The van der Waals surface area contributed by atoms with Crippen molar-refractivity contribution in [2.24, 2.45) is 0 Å². The van der Waals surface area contributed by atoms with Gasteiger partial charge in [0.25, 0.3) is 10.0 Å². The SMILES string of the molecule is O=S(=O)(c1cc2ccccc2s1)N1CCSc2ccc(-c3ccnc(F)c3F)cc21. The van der Waals surface area contributed by atoms with Gasteiger partial charge in [0, 0.05) is 33.7 Å². The molecule has 0 amide bonds. The second kappa shape index (κ2) is 7.33. The van der Waals surface area contributed by atoms with Crippen LogP contribution >= 0.6 is 23.1 Å². The van der Waals surface area contributed by atoms with Crippen molar-refractivity contribution in [3.8, 4) is 11.1 Å². The molecule has 9 heteroatoms. The van der Waals surface area contributed by atoms with E-state index >= 15 is 0 Å². The predicted molar refractivity (Wildman–Crippen MR) is 117 cm³/mol. The Balaban J connectivity index is 1.63. The molecule has 5 rings (SSSR count). The van der Waals surface area contributed by atoms with E-state index in [4.69, 9.17) is 0 Å². The van der Waals surface area contributed by atoms with E-state index in [9.17, 15) is 17.2 Å². The molecule has 152 valence electrons. The minimum Gasteiger partial charge on any atom is -0.264 e. The summed E-state index contributed by atoms with van der Waals surface area (Å²) in [6.45, 7) is 0.297. The fourth-order valence-corrected chi connectivity index (χ4v) is 7.58. The summed E-state index contributed by atoms with van der Waals surface area (Å²) in [6, 6.07) is 15.6. The zero-order valence-electron chi connectivity index (χ0n) is 15.4. The summed E-state index contributed by atoms with van der Waals surface area (Å²) >= 11 is 2.76. The van der Waals surface area contributed by atoms with Gasteiger partial charge in [-0.25, -0.2) is 17.8 Å². The van der Waals surface area contributed by atoms with Crippen LogP contribution in [-0.2, 0) is 10.0 Å². The van der Waals surface area contributed by atoms with Crippen LogP contribution in [0.2, 0.25) is 0 Å². The Morgan fingerprint density at radius 2 is 1.87 bits per heavy atom. The maximum Gasteiger partial charge on any atom is 0.273 e. The van der Waals surface area contributed by atoms with Gasteiger partial charge in [-0.05, 0) is 41.3 Å². The van der Waals surface area contributed by atoms with Gasteiger partial charge in [0.1, 0.15) is 4.21 Å². The Hall–Kier alpha value is -2.49. The lowest BCUT2D eigenvalue weighted by Crippen LogP contribution is -2.35. The third-order valence-corrected chi connectivity index (χ3v) is 9.31. The Morgan fingerprint density at radius 3 is 2.70 bits per heavy atom. The number of fused-ring (bicyclic) bond motifs is 2. The van der Waals surface area contributed by atoms with E-state index in [0.29, 0.717) is 23.5 Å². The third kappa shape index (κ3) is 3.17. The van der Waals surface area contributed by atoms with Crippen LogP contribution in [0.25, 0.3) is 21.2 Å². The molecule has 0 fully saturated rings. The number of thiophene rings is 1. The molecule has 0 unspecified atom stereocenters. The summed E-state index contributed by atoms with van der Waals surface area (Å²) in [5.74, 6) is -1.64. The van der Waals surface area contributed by atoms with E-state index in [1.54, 1.807) is 24.3 Å². The number of aromatic nitrogens is 1. The van der Waals surface area contributed by atoms with Crippen LogP contribution < -0.4 is 4.31 Å². The molecule has 4 aromatic rings. The fourth-order valence-electron chi connectivity index (χ4n) is 3.44. The van der Waals surface area contributed by atoms with Gasteiger partial charge in [0.05, 0.1) is 5.69 Å². The first-order valence-electron chi connectivity index (χ1n) is 9.04. The van der Waals surface area contributed by atoms with Crippen LogP contribution in [0.15, 0.2) is 69.9 Å². The molecule has 0 aliphatic carbocycles. The first-order valence-corrected chi connectivity index (χ1v) is 12.3. The molecule has 1 aliphatic heterocycles. The van der Waals surface area contributed by atoms with Gasteiger partial charge in [0.2, 0.25) is 5.95 Å². The molecule has 1 aliphatic rings. The number of nitrogens with zero attached hydrogens (tertiary/aromatic N) is 2. The van der Waals surface area contributed by atoms with Crippen molar-refractivity contribution in [3.05, 3.63) is 72.6 Å². The molecule has 0 radical (unpaired) electrons. The summed E-state index contributed by atoms with van der Waals surface area (Å²) in [6.07, 6.45) is 1.19. The summed E-state index contributed by atoms with van der Waals surface area (Å²) in [7, 11) is -3.80. The first-order chi connectivity index (χ1) is 14.4. The van der Waals surface area contributed by atoms with Gasteiger partial charge < -0.3 is 0 Å². The Labute approximate surface area is 180 Å². The smallest absolute Gasteiger partial charge is 0.264 e. The van der Waals surface area contributed by atoms with Crippen LogP contribution in [0.1, 0.15) is 0 Å². The van der Waals surface area contributed by atoms with Gasteiger partial charge in [-0.1, -0.05) is 24.3 Å². The number of hydrogen-bond donors (Lipinski definition) is 0. The minimum absolute atomic E-state index is 0.0417. The number of pyridine rings is 1. The molecule has 0 spiro atoms. The van der Waals surface area contributed by atoms with Crippen molar-refractivity contribution in [2.75, 3.05) is 16.6 Å². The minimum atomic E-state index is -3.80. The molecule has 2 aromatic heterocycles. The maximum absolute atomic E-state index is 14.3. The first kappa shape index (κ1) is 19.5. The maximum atomic E-state index is 14.3. The number of anilines is 1. The van der Waals surface area contributed by atoms with Gasteiger partial charge in [0.15, 0.2) is 5.82 Å². The van der Waals surface area contributed by atoms with Crippen molar-refractivity contribution < 1.29 is 17.2 Å². The Kier molecular flexibility index (Phi) is 4.76. The summed E-state index contributed by atoms with van der Waals surface area (Å²) < 4.78 is 57.3. The zero-order valence-corrected chi connectivity index (χ0v) is 17.8. The molecule has 0 bridgehead atoms. The summed E-state index contributed by atoms with van der Waals surface area (Å²) in [4.78, 5) is 4.10. The number of hydrogen-bond acceptors (Lipinski definition) is 5. The van der Waals surface area contributed by atoms with E-state index in [0.717, 1.165) is 15.0 Å². The molecular weight excluding hydrogens is 446 g/mol. The average Bonchev–Trinajstić information content (AvgIpc) is 3.20. The molecule has 0 atom stereocenters. The van der Waals surface area contributed by atoms with Crippen molar-refractivity contribution in [1.82, 2.24) is 4.98 Å². The van der Waals surface area contributed by atoms with Gasteiger partial charge in [-0.3, -0.25) is 4.31 Å². The molecule has 4 nitrogen and oxygen atoms in total. The molecule has 0 N–H and O–H groups in total. The number of benzene rings is 2. The largest absolute Gasteiger partial charge is 0.273 e. The molecular formula is C21H14F2N2O2S3. The van der Waals surface area contributed by atoms with Crippen LogP contribution in [0, 0.1) is 11.8 Å². The topological polar surface area (TPSA) is 50.3 Å². The lowest BCUT2D eigenvalue weighted by Gasteiger charge is -2.30. The number of thioether (sulfide) groups is 1. The predicted octanol–water partition coefficient (Wildman–Crippen LogP) is 5.54. The number of sulfonamides is 1. The normalized spacial score (nSPS) is 14.1. The Morgan fingerprint density at radius 1 is 1.03 bits per heavy atom. The van der Waals surface area contributed by atoms with Crippen molar-refractivity contribution in [1.29, 1.82) is 0 Å². The molecule has 3 heterocycles.